The largest absolute Gasteiger partial charge is 0.466 e. The molecule has 1 unspecified atom stereocenters. The highest BCUT2D eigenvalue weighted by molar-refractivity contribution is 5.65. The molecule has 0 bridgehead atoms. The summed E-state index contributed by atoms with van der Waals surface area (Å²) in [6.45, 7) is 9.54. The molecule has 2 aliphatic heterocycles. The highest BCUT2D eigenvalue weighted by Crippen LogP contribution is 2.45. The van der Waals surface area contributed by atoms with E-state index in [-0.39, 0.29) is 23.8 Å². The predicted molar refractivity (Wildman–Crippen MR) is 81.1 cm³/mol. The zero-order chi connectivity index (χ0) is 15.5. The third kappa shape index (κ3) is 3.98. The van der Waals surface area contributed by atoms with Gasteiger partial charge in [0, 0.05) is 13.3 Å². The molecule has 0 aliphatic carbocycles. The van der Waals surface area contributed by atoms with Crippen LogP contribution in [-0.4, -0.2) is 37.0 Å². The van der Waals surface area contributed by atoms with Gasteiger partial charge >= 0.3 is 5.97 Å². The SMILES string of the molecule is CC[C@]12C[C@@H](CCCOC(C)=O)O[C@H]1CC(C(C)C)CO2. The Morgan fingerprint density at radius 1 is 1.43 bits per heavy atom. The molecule has 0 aromatic rings. The Labute approximate surface area is 128 Å². The number of ether oxygens (including phenoxy) is 3. The average molecular weight is 298 g/mol. The summed E-state index contributed by atoms with van der Waals surface area (Å²) in [6.07, 6.45) is 5.42. The second-order valence-corrected chi connectivity index (χ2v) is 6.90. The van der Waals surface area contributed by atoms with Crippen LogP contribution in [0.5, 0.6) is 0 Å². The van der Waals surface area contributed by atoms with Crippen molar-refractivity contribution in [3.05, 3.63) is 0 Å². The first kappa shape index (κ1) is 16.8. The molecule has 0 spiro atoms. The minimum atomic E-state index is -0.204. The molecular weight excluding hydrogens is 268 g/mol. The van der Waals surface area contributed by atoms with E-state index in [4.69, 9.17) is 14.2 Å². The third-order valence-corrected chi connectivity index (χ3v) is 5.14. The summed E-state index contributed by atoms with van der Waals surface area (Å²) in [7, 11) is 0. The predicted octanol–water partition coefficient (Wildman–Crippen LogP) is 3.33. The van der Waals surface area contributed by atoms with Gasteiger partial charge in [0.1, 0.15) is 0 Å². The van der Waals surface area contributed by atoms with E-state index < -0.39 is 0 Å². The number of fused-ring (bicyclic) bond motifs is 1. The van der Waals surface area contributed by atoms with Crippen LogP contribution in [0.15, 0.2) is 0 Å². The minimum Gasteiger partial charge on any atom is -0.466 e. The number of carbonyl (C=O) groups excluding carboxylic acids is 1. The van der Waals surface area contributed by atoms with Crippen molar-refractivity contribution in [1.82, 2.24) is 0 Å². The van der Waals surface area contributed by atoms with Crippen LogP contribution in [0.4, 0.5) is 0 Å². The van der Waals surface area contributed by atoms with Gasteiger partial charge in [-0.25, -0.2) is 0 Å². The lowest BCUT2D eigenvalue weighted by molar-refractivity contribution is -0.155. The van der Waals surface area contributed by atoms with Crippen molar-refractivity contribution in [1.29, 1.82) is 0 Å². The molecule has 0 saturated carbocycles. The molecule has 4 atom stereocenters. The highest BCUT2D eigenvalue weighted by Gasteiger charge is 2.51. The topological polar surface area (TPSA) is 44.8 Å². The maximum Gasteiger partial charge on any atom is 0.302 e. The van der Waals surface area contributed by atoms with E-state index in [0.29, 0.717) is 18.4 Å². The number of hydrogen-bond acceptors (Lipinski definition) is 4. The summed E-state index contributed by atoms with van der Waals surface area (Å²) in [4.78, 5) is 10.8. The Bertz CT molecular complexity index is 355. The molecule has 0 radical (unpaired) electrons. The molecular formula is C17H30O4. The normalized spacial score (nSPS) is 35.8. The van der Waals surface area contributed by atoms with Crippen molar-refractivity contribution < 1.29 is 19.0 Å². The summed E-state index contributed by atoms with van der Waals surface area (Å²) in [5.41, 5.74) is -0.0719. The van der Waals surface area contributed by atoms with Crippen LogP contribution in [0, 0.1) is 11.8 Å². The van der Waals surface area contributed by atoms with Crippen molar-refractivity contribution >= 4 is 5.97 Å². The summed E-state index contributed by atoms with van der Waals surface area (Å²) in [6, 6.07) is 0. The maximum atomic E-state index is 10.8. The van der Waals surface area contributed by atoms with Gasteiger partial charge in [0.05, 0.1) is 31.0 Å². The smallest absolute Gasteiger partial charge is 0.302 e. The second-order valence-electron chi connectivity index (χ2n) is 6.90. The molecule has 4 heteroatoms. The van der Waals surface area contributed by atoms with Crippen molar-refractivity contribution in [2.24, 2.45) is 11.8 Å². The fourth-order valence-corrected chi connectivity index (χ4v) is 3.60. The van der Waals surface area contributed by atoms with Gasteiger partial charge in [-0.1, -0.05) is 20.8 Å². The van der Waals surface area contributed by atoms with Gasteiger partial charge in [0.25, 0.3) is 0 Å². The van der Waals surface area contributed by atoms with Gasteiger partial charge < -0.3 is 14.2 Å². The zero-order valence-electron chi connectivity index (χ0n) is 13.9. The summed E-state index contributed by atoms with van der Waals surface area (Å²) in [5.74, 6) is 1.05. The van der Waals surface area contributed by atoms with E-state index >= 15 is 0 Å². The third-order valence-electron chi connectivity index (χ3n) is 5.14. The number of rotatable bonds is 6. The van der Waals surface area contributed by atoms with Gasteiger partial charge in [-0.05, 0) is 37.5 Å². The minimum absolute atomic E-state index is 0.0719. The van der Waals surface area contributed by atoms with Gasteiger partial charge in [0.2, 0.25) is 0 Å². The van der Waals surface area contributed by atoms with Gasteiger partial charge in [-0.2, -0.15) is 0 Å². The summed E-state index contributed by atoms with van der Waals surface area (Å²) >= 11 is 0. The fourth-order valence-electron chi connectivity index (χ4n) is 3.60. The van der Waals surface area contributed by atoms with Gasteiger partial charge in [0.15, 0.2) is 0 Å². The molecule has 2 rings (SSSR count). The van der Waals surface area contributed by atoms with Crippen LogP contribution >= 0.6 is 0 Å². The van der Waals surface area contributed by atoms with E-state index in [0.717, 1.165) is 38.7 Å². The Morgan fingerprint density at radius 2 is 2.19 bits per heavy atom. The maximum absolute atomic E-state index is 10.8. The second kappa shape index (κ2) is 7.10. The Morgan fingerprint density at radius 3 is 2.81 bits per heavy atom. The Hall–Kier alpha value is -0.610. The average Bonchev–Trinajstić information content (AvgIpc) is 2.81. The van der Waals surface area contributed by atoms with Gasteiger partial charge in [-0.3, -0.25) is 4.79 Å². The van der Waals surface area contributed by atoms with Crippen molar-refractivity contribution in [2.45, 2.75) is 77.6 Å². The summed E-state index contributed by atoms with van der Waals surface area (Å²) < 4.78 is 17.6. The first-order chi connectivity index (χ1) is 9.97. The first-order valence-corrected chi connectivity index (χ1v) is 8.39. The van der Waals surface area contributed by atoms with E-state index in [1.54, 1.807) is 0 Å². The van der Waals surface area contributed by atoms with Crippen molar-refractivity contribution in [3.63, 3.8) is 0 Å². The van der Waals surface area contributed by atoms with E-state index in [2.05, 4.69) is 20.8 Å². The molecule has 0 aromatic carbocycles. The van der Waals surface area contributed by atoms with E-state index in [9.17, 15) is 4.79 Å². The van der Waals surface area contributed by atoms with Crippen LogP contribution in [0.1, 0.15) is 59.8 Å². The molecule has 2 saturated heterocycles. The Balaban J connectivity index is 1.85. The molecule has 2 aliphatic rings. The van der Waals surface area contributed by atoms with Crippen LogP contribution in [0.25, 0.3) is 0 Å². The van der Waals surface area contributed by atoms with Crippen LogP contribution in [0.3, 0.4) is 0 Å². The van der Waals surface area contributed by atoms with Crippen LogP contribution in [-0.2, 0) is 19.0 Å². The van der Waals surface area contributed by atoms with Crippen LogP contribution < -0.4 is 0 Å². The molecule has 21 heavy (non-hydrogen) atoms. The number of hydrogen-bond donors (Lipinski definition) is 0. The quantitative estimate of drug-likeness (QED) is 0.557. The molecule has 2 heterocycles. The van der Waals surface area contributed by atoms with Crippen LogP contribution in [0.2, 0.25) is 0 Å². The van der Waals surface area contributed by atoms with Crippen molar-refractivity contribution in [2.75, 3.05) is 13.2 Å². The number of carbonyl (C=O) groups is 1. The van der Waals surface area contributed by atoms with E-state index in [1.165, 1.54) is 6.92 Å². The van der Waals surface area contributed by atoms with Crippen molar-refractivity contribution in [3.8, 4) is 0 Å². The fraction of sp³-hybridized carbons (Fsp3) is 0.941. The Kier molecular flexibility index (Phi) is 5.67. The summed E-state index contributed by atoms with van der Waals surface area (Å²) in [5, 5.41) is 0. The molecule has 0 aromatic heterocycles. The number of esters is 1. The molecule has 122 valence electrons. The molecule has 4 nitrogen and oxygen atoms in total. The van der Waals surface area contributed by atoms with Gasteiger partial charge in [-0.15, -0.1) is 0 Å². The molecule has 0 amide bonds. The standard InChI is InChI=1S/C17H30O4/c1-5-17-10-15(7-6-8-19-13(4)18)21-16(17)9-14(11-20-17)12(2)3/h12,14-16H,5-11H2,1-4H3/t14?,15-,16+,17+/m1/s1. The van der Waals surface area contributed by atoms with E-state index in [1.807, 2.05) is 0 Å². The molecule has 0 N–H and O–H groups in total. The lowest BCUT2D eigenvalue weighted by Crippen LogP contribution is -2.48. The highest BCUT2D eigenvalue weighted by atomic mass is 16.6. The lowest BCUT2D eigenvalue weighted by atomic mass is 9.79. The zero-order valence-corrected chi connectivity index (χ0v) is 13.9. The monoisotopic (exact) mass is 298 g/mol. The lowest BCUT2D eigenvalue weighted by Gasteiger charge is -2.42. The molecule has 2 fully saturated rings. The first-order valence-electron chi connectivity index (χ1n) is 8.39.